The largest absolute Gasteiger partial charge is 0.496 e. The number of amides is 1. The molecule has 1 heterocycles. The van der Waals surface area contributed by atoms with Gasteiger partial charge in [-0.3, -0.25) is 4.79 Å². The predicted octanol–water partition coefficient (Wildman–Crippen LogP) is 4.00. The smallest absolute Gasteiger partial charge is 0.263 e. The molecule has 152 valence electrons. The van der Waals surface area contributed by atoms with Crippen LogP contribution >= 0.6 is 11.3 Å². The van der Waals surface area contributed by atoms with Crippen LogP contribution in [0.2, 0.25) is 0 Å². The fourth-order valence-corrected chi connectivity index (χ4v) is 4.03. The second-order valence-electron chi connectivity index (χ2n) is 6.38. The van der Waals surface area contributed by atoms with Gasteiger partial charge in [0.25, 0.3) is 5.91 Å². The molecule has 1 aromatic heterocycles. The van der Waals surface area contributed by atoms with Crippen molar-refractivity contribution in [1.82, 2.24) is 10.3 Å². The molecule has 1 N–H and O–H groups in total. The van der Waals surface area contributed by atoms with Crippen molar-refractivity contribution >= 4 is 17.2 Å². The van der Waals surface area contributed by atoms with Gasteiger partial charge in [0.2, 0.25) is 0 Å². The molecule has 0 unspecified atom stereocenters. The summed E-state index contributed by atoms with van der Waals surface area (Å²) >= 11 is 1.42. The molecule has 1 amide bonds. The van der Waals surface area contributed by atoms with E-state index in [2.05, 4.69) is 22.4 Å². The number of thiazole rings is 1. The van der Waals surface area contributed by atoms with E-state index in [4.69, 9.17) is 14.2 Å². The minimum atomic E-state index is -0.167. The Balaban J connectivity index is 1.75. The number of hydrogen-bond acceptors (Lipinski definition) is 6. The summed E-state index contributed by atoms with van der Waals surface area (Å²) in [6.07, 6.45) is 0.708. The van der Waals surface area contributed by atoms with Crippen molar-refractivity contribution in [3.05, 3.63) is 69.2 Å². The third kappa shape index (κ3) is 4.86. The summed E-state index contributed by atoms with van der Waals surface area (Å²) in [5.41, 5.74) is 2.64. The molecule has 0 aliphatic carbocycles. The maximum atomic E-state index is 12.8. The number of aryl methyl sites for hydroxylation is 1. The number of hydrogen-bond donors (Lipinski definition) is 1. The van der Waals surface area contributed by atoms with Gasteiger partial charge in [-0.2, -0.15) is 0 Å². The SMILES string of the molecule is COc1cc(OC)c(CNC(=O)c2sc(Cc3ccccc3)nc2C)c(OC)c1. The molecule has 2 aromatic carbocycles. The number of aromatic nitrogens is 1. The monoisotopic (exact) mass is 412 g/mol. The number of benzene rings is 2. The van der Waals surface area contributed by atoms with Crippen LogP contribution in [0.1, 0.15) is 31.5 Å². The quantitative estimate of drug-likeness (QED) is 0.606. The summed E-state index contributed by atoms with van der Waals surface area (Å²) in [6, 6.07) is 13.6. The number of nitrogens with one attached hydrogen (secondary N) is 1. The first-order valence-corrected chi connectivity index (χ1v) is 9.94. The number of methoxy groups -OCH3 is 3. The Labute approximate surface area is 174 Å². The average molecular weight is 413 g/mol. The lowest BCUT2D eigenvalue weighted by Crippen LogP contribution is -2.23. The topological polar surface area (TPSA) is 69.7 Å². The van der Waals surface area contributed by atoms with E-state index in [-0.39, 0.29) is 12.5 Å². The van der Waals surface area contributed by atoms with Gasteiger partial charge in [0.1, 0.15) is 22.1 Å². The summed E-state index contributed by atoms with van der Waals surface area (Å²) in [5, 5.41) is 3.87. The van der Waals surface area contributed by atoms with Crippen molar-refractivity contribution in [2.24, 2.45) is 0 Å². The highest BCUT2D eigenvalue weighted by Crippen LogP contribution is 2.34. The Morgan fingerprint density at radius 2 is 1.69 bits per heavy atom. The first kappa shape index (κ1) is 20.7. The molecule has 0 saturated heterocycles. The van der Waals surface area contributed by atoms with Crippen LogP contribution in [0.4, 0.5) is 0 Å². The van der Waals surface area contributed by atoms with Gasteiger partial charge in [-0.25, -0.2) is 4.98 Å². The Bertz CT molecular complexity index is 961. The van der Waals surface area contributed by atoms with Gasteiger partial charge in [0.15, 0.2) is 0 Å². The Morgan fingerprint density at radius 3 is 2.28 bits per heavy atom. The predicted molar refractivity (Wildman–Crippen MR) is 113 cm³/mol. The van der Waals surface area contributed by atoms with Crippen molar-refractivity contribution in [3.8, 4) is 17.2 Å². The molecular formula is C22H24N2O4S. The van der Waals surface area contributed by atoms with E-state index < -0.39 is 0 Å². The molecule has 7 heteroatoms. The van der Waals surface area contributed by atoms with Gasteiger partial charge in [0.05, 0.1) is 44.1 Å². The first-order chi connectivity index (χ1) is 14.0. The Morgan fingerprint density at radius 1 is 1.03 bits per heavy atom. The van der Waals surface area contributed by atoms with E-state index >= 15 is 0 Å². The first-order valence-electron chi connectivity index (χ1n) is 9.13. The molecule has 0 radical (unpaired) electrons. The van der Waals surface area contributed by atoms with Gasteiger partial charge in [-0.1, -0.05) is 30.3 Å². The number of carbonyl (C=O) groups is 1. The summed E-state index contributed by atoms with van der Waals surface area (Å²) in [6.45, 7) is 2.12. The van der Waals surface area contributed by atoms with E-state index in [1.807, 2.05) is 25.1 Å². The summed E-state index contributed by atoms with van der Waals surface area (Å²) < 4.78 is 16.1. The van der Waals surface area contributed by atoms with Crippen LogP contribution in [0, 0.1) is 6.92 Å². The highest BCUT2D eigenvalue weighted by molar-refractivity contribution is 7.13. The molecular weight excluding hydrogens is 388 g/mol. The molecule has 0 spiro atoms. The van der Waals surface area contributed by atoms with E-state index in [9.17, 15) is 4.79 Å². The number of ether oxygens (including phenoxy) is 3. The molecule has 0 bridgehead atoms. The van der Waals surface area contributed by atoms with E-state index in [0.717, 1.165) is 16.3 Å². The third-order valence-electron chi connectivity index (χ3n) is 4.49. The number of rotatable bonds is 8. The fourth-order valence-electron chi connectivity index (χ4n) is 3.01. The minimum absolute atomic E-state index is 0.167. The molecule has 3 rings (SSSR count). The van der Waals surface area contributed by atoms with Crippen LogP contribution in [-0.2, 0) is 13.0 Å². The zero-order valence-electron chi connectivity index (χ0n) is 16.9. The lowest BCUT2D eigenvalue weighted by atomic mass is 10.1. The van der Waals surface area contributed by atoms with Crippen molar-refractivity contribution < 1.29 is 19.0 Å². The van der Waals surface area contributed by atoms with Crippen LogP contribution in [0.3, 0.4) is 0 Å². The standard InChI is InChI=1S/C22H24N2O4S/c1-14-21(29-20(24-14)10-15-8-6-5-7-9-15)22(25)23-13-17-18(27-3)11-16(26-2)12-19(17)28-4/h5-9,11-12H,10,13H2,1-4H3,(H,23,25). The van der Waals surface area contributed by atoms with Crippen LogP contribution in [0.5, 0.6) is 17.2 Å². The van der Waals surface area contributed by atoms with Crippen LogP contribution < -0.4 is 19.5 Å². The van der Waals surface area contributed by atoms with Gasteiger partial charge < -0.3 is 19.5 Å². The van der Waals surface area contributed by atoms with Crippen LogP contribution in [-0.4, -0.2) is 32.2 Å². The van der Waals surface area contributed by atoms with Crippen molar-refractivity contribution in [1.29, 1.82) is 0 Å². The third-order valence-corrected chi connectivity index (χ3v) is 5.64. The second-order valence-corrected chi connectivity index (χ2v) is 7.46. The van der Waals surface area contributed by atoms with Crippen LogP contribution in [0.25, 0.3) is 0 Å². The molecule has 0 aliphatic heterocycles. The minimum Gasteiger partial charge on any atom is -0.496 e. The van der Waals surface area contributed by atoms with Gasteiger partial charge in [0, 0.05) is 18.6 Å². The molecule has 6 nitrogen and oxygen atoms in total. The molecule has 0 atom stereocenters. The maximum absolute atomic E-state index is 12.8. The van der Waals surface area contributed by atoms with E-state index in [1.54, 1.807) is 33.5 Å². The number of carbonyl (C=O) groups excluding carboxylic acids is 1. The van der Waals surface area contributed by atoms with Gasteiger partial charge >= 0.3 is 0 Å². The molecule has 3 aromatic rings. The van der Waals surface area contributed by atoms with Crippen molar-refractivity contribution in [2.45, 2.75) is 19.9 Å². The second kappa shape index (κ2) is 9.43. The molecule has 0 aliphatic rings. The highest BCUT2D eigenvalue weighted by atomic mass is 32.1. The zero-order chi connectivity index (χ0) is 20.8. The summed E-state index contributed by atoms with van der Waals surface area (Å²) in [5.74, 6) is 1.64. The summed E-state index contributed by atoms with van der Waals surface area (Å²) in [7, 11) is 4.72. The van der Waals surface area contributed by atoms with Gasteiger partial charge in [-0.05, 0) is 12.5 Å². The molecule has 29 heavy (non-hydrogen) atoms. The maximum Gasteiger partial charge on any atom is 0.263 e. The lowest BCUT2D eigenvalue weighted by Gasteiger charge is -2.15. The van der Waals surface area contributed by atoms with E-state index in [0.29, 0.717) is 28.5 Å². The van der Waals surface area contributed by atoms with Crippen molar-refractivity contribution in [2.75, 3.05) is 21.3 Å². The van der Waals surface area contributed by atoms with E-state index in [1.165, 1.54) is 16.9 Å². The van der Waals surface area contributed by atoms with Gasteiger partial charge in [-0.15, -0.1) is 11.3 Å². The lowest BCUT2D eigenvalue weighted by molar-refractivity contribution is 0.0953. The highest BCUT2D eigenvalue weighted by Gasteiger charge is 2.18. The Kier molecular flexibility index (Phi) is 6.72. The van der Waals surface area contributed by atoms with Crippen molar-refractivity contribution in [3.63, 3.8) is 0 Å². The Hall–Kier alpha value is -3.06. The number of nitrogens with zero attached hydrogens (tertiary/aromatic N) is 1. The summed E-state index contributed by atoms with van der Waals surface area (Å²) in [4.78, 5) is 18.0. The fraction of sp³-hybridized carbons (Fsp3) is 0.273. The average Bonchev–Trinajstić information content (AvgIpc) is 3.11. The van der Waals surface area contributed by atoms with Crippen LogP contribution in [0.15, 0.2) is 42.5 Å². The normalized spacial score (nSPS) is 10.5. The molecule has 0 fully saturated rings. The molecule has 0 saturated carbocycles. The zero-order valence-corrected chi connectivity index (χ0v) is 17.8.